The summed E-state index contributed by atoms with van der Waals surface area (Å²) in [5.74, 6) is 1.52. The predicted octanol–water partition coefficient (Wildman–Crippen LogP) is 3.42. The SMILES string of the molecule is CCSCCC(=O)Nc1cccc(C(=O)Nc2ccncc2)c1. The van der Waals surface area contributed by atoms with Gasteiger partial charge in [0.2, 0.25) is 5.91 Å². The minimum atomic E-state index is -0.228. The summed E-state index contributed by atoms with van der Waals surface area (Å²) >= 11 is 1.73. The number of pyridine rings is 1. The average molecular weight is 329 g/mol. The molecule has 0 aliphatic heterocycles. The zero-order valence-corrected chi connectivity index (χ0v) is 13.7. The number of hydrogen-bond acceptors (Lipinski definition) is 4. The van der Waals surface area contributed by atoms with Crippen molar-refractivity contribution >= 4 is 35.0 Å². The smallest absolute Gasteiger partial charge is 0.255 e. The minimum Gasteiger partial charge on any atom is -0.326 e. The van der Waals surface area contributed by atoms with Gasteiger partial charge in [-0.25, -0.2) is 0 Å². The molecule has 1 aromatic carbocycles. The molecule has 0 aliphatic rings. The Hall–Kier alpha value is -2.34. The fourth-order valence-corrected chi connectivity index (χ4v) is 2.53. The fraction of sp³-hybridized carbons (Fsp3) is 0.235. The van der Waals surface area contributed by atoms with Crippen molar-refractivity contribution < 1.29 is 9.59 Å². The highest BCUT2D eigenvalue weighted by molar-refractivity contribution is 7.99. The maximum absolute atomic E-state index is 12.2. The van der Waals surface area contributed by atoms with Gasteiger partial charge in [0, 0.05) is 41.5 Å². The number of nitrogens with zero attached hydrogens (tertiary/aromatic N) is 1. The summed E-state index contributed by atoms with van der Waals surface area (Å²) in [6, 6.07) is 10.3. The number of thioether (sulfide) groups is 1. The first-order chi connectivity index (χ1) is 11.2. The monoisotopic (exact) mass is 329 g/mol. The Balaban J connectivity index is 1.96. The van der Waals surface area contributed by atoms with Crippen LogP contribution < -0.4 is 10.6 Å². The second kappa shape index (κ2) is 8.95. The van der Waals surface area contributed by atoms with E-state index in [0.717, 1.165) is 11.5 Å². The number of aromatic nitrogens is 1. The molecule has 2 N–H and O–H groups in total. The average Bonchev–Trinajstić information content (AvgIpc) is 2.56. The molecular formula is C17H19N3O2S. The third-order valence-electron chi connectivity index (χ3n) is 3.02. The lowest BCUT2D eigenvalue weighted by Gasteiger charge is -2.08. The van der Waals surface area contributed by atoms with Gasteiger partial charge in [-0.2, -0.15) is 11.8 Å². The standard InChI is InChI=1S/C17H19N3O2S/c1-2-23-11-8-16(21)19-15-5-3-4-13(12-15)17(22)20-14-6-9-18-10-7-14/h3-7,9-10,12H,2,8,11H2,1H3,(H,19,21)(H,18,20,22). The Morgan fingerprint density at radius 3 is 2.61 bits per heavy atom. The molecule has 5 nitrogen and oxygen atoms in total. The van der Waals surface area contributed by atoms with E-state index in [1.807, 2.05) is 0 Å². The molecule has 1 aromatic heterocycles. The molecule has 0 saturated heterocycles. The van der Waals surface area contributed by atoms with Gasteiger partial charge < -0.3 is 10.6 Å². The number of carbonyl (C=O) groups is 2. The van der Waals surface area contributed by atoms with E-state index in [2.05, 4.69) is 22.5 Å². The number of amides is 2. The summed E-state index contributed by atoms with van der Waals surface area (Å²) in [7, 11) is 0. The third-order valence-corrected chi connectivity index (χ3v) is 3.93. The maximum Gasteiger partial charge on any atom is 0.255 e. The van der Waals surface area contributed by atoms with Crippen LogP contribution in [-0.2, 0) is 4.79 Å². The van der Waals surface area contributed by atoms with Crippen LogP contribution in [0.3, 0.4) is 0 Å². The van der Waals surface area contributed by atoms with Gasteiger partial charge in [-0.05, 0) is 36.1 Å². The Labute approximate surface area is 139 Å². The summed E-state index contributed by atoms with van der Waals surface area (Å²) in [5, 5.41) is 5.60. The molecule has 1 heterocycles. The Kier molecular flexibility index (Phi) is 6.62. The van der Waals surface area contributed by atoms with E-state index >= 15 is 0 Å². The number of carbonyl (C=O) groups excluding carboxylic acids is 2. The van der Waals surface area contributed by atoms with Crippen molar-refractivity contribution in [2.24, 2.45) is 0 Å². The van der Waals surface area contributed by atoms with Gasteiger partial charge >= 0.3 is 0 Å². The van der Waals surface area contributed by atoms with E-state index < -0.39 is 0 Å². The van der Waals surface area contributed by atoms with Crippen LogP contribution in [0.25, 0.3) is 0 Å². The molecule has 0 unspecified atom stereocenters. The van der Waals surface area contributed by atoms with Gasteiger partial charge in [0.15, 0.2) is 0 Å². The molecule has 0 radical (unpaired) electrons. The lowest BCUT2D eigenvalue weighted by molar-refractivity contribution is -0.115. The maximum atomic E-state index is 12.2. The van der Waals surface area contributed by atoms with E-state index in [1.54, 1.807) is 60.6 Å². The number of rotatable bonds is 7. The first-order valence-electron chi connectivity index (χ1n) is 7.38. The van der Waals surface area contributed by atoms with E-state index in [-0.39, 0.29) is 11.8 Å². The molecule has 0 fully saturated rings. The second-order valence-corrected chi connectivity index (χ2v) is 6.16. The molecular weight excluding hydrogens is 310 g/mol. The van der Waals surface area contributed by atoms with E-state index in [4.69, 9.17) is 0 Å². The summed E-state index contributed by atoms with van der Waals surface area (Å²) in [5.41, 5.74) is 1.79. The molecule has 0 aliphatic carbocycles. The zero-order chi connectivity index (χ0) is 16.5. The molecule has 2 amide bonds. The van der Waals surface area contributed by atoms with Gasteiger partial charge in [-0.1, -0.05) is 13.0 Å². The van der Waals surface area contributed by atoms with Crippen molar-refractivity contribution in [3.8, 4) is 0 Å². The highest BCUT2D eigenvalue weighted by Gasteiger charge is 2.08. The van der Waals surface area contributed by atoms with Crippen LogP contribution in [0.2, 0.25) is 0 Å². The van der Waals surface area contributed by atoms with Crippen LogP contribution >= 0.6 is 11.8 Å². The molecule has 2 rings (SSSR count). The van der Waals surface area contributed by atoms with E-state index in [9.17, 15) is 9.59 Å². The van der Waals surface area contributed by atoms with Gasteiger partial charge in [-0.15, -0.1) is 0 Å². The topological polar surface area (TPSA) is 71.1 Å². The van der Waals surface area contributed by atoms with Gasteiger partial charge in [0.1, 0.15) is 0 Å². The lowest BCUT2D eigenvalue weighted by atomic mass is 10.2. The lowest BCUT2D eigenvalue weighted by Crippen LogP contribution is -2.15. The molecule has 6 heteroatoms. The van der Waals surface area contributed by atoms with E-state index in [0.29, 0.717) is 23.4 Å². The number of nitrogens with one attached hydrogen (secondary N) is 2. The molecule has 0 bridgehead atoms. The normalized spacial score (nSPS) is 10.1. The Morgan fingerprint density at radius 2 is 1.87 bits per heavy atom. The zero-order valence-electron chi connectivity index (χ0n) is 12.9. The first kappa shape index (κ1) is 17.0. The van der Waals surface area contributed by atoms with Crippen molar-refractivity contribution in [2.45, 2.75) is 13.3 Å². The van der Waals surface area contributed by atoms with Crippen LogP contribution in [0.5, 0.6) is 0 Å². The van der Waals surface area contributed by atoms with Crippen molar-refractivity contribution in [1.82, 2.24) is 4.98 Å². The van der Waals surface area contributed by atoms with Crippen LogP contribution in [0.1, 0.15) is 23.7 Å². The molecule has 120 valence electrons. The summed E-state index contributed by atoms with van der Waals surface area (Å²) in [6.45, 7) is 2.06. The first-order valence-corrected chi connectivity index (χ1v) is 8.53. The molecule has 0 atom stereocenters. The van der Waals surface area contributed by atoms with Gasteiger partial charge in [0.05, 0.1) is 0 Å². The van der Waals surface area contributed by atoms with Crippen molar-refractivity contribution in [1.29, 1.82) is 0 Å². The van der Waals surface area contributed by atoms with Crippen molar-refractivity contribution in [2.75, 3.05) is 22.1 Å². The van der Waals surface area contributed by atoms with Crippen LogP contribution in [-0.4, -0.2) is 28.3 Å². The summed E-state index contributed by atoms with van der Waals surface area (Å²) in [6.07, 6.45) is 3.69. The molecule has 2 aromatic rings. The Bertz CT molecular complexity index is 662. The number of hydrogen-bond donors (Lipinski definition) is 2. The van der Waals surface area contributed by atoms with Crippen molar-refractivity contribution in [3.05, 3.63) is 54.4 Å². The predicted molar refractivity (Wildman–Crippen MR) is 94.9 cm³/mol. The highest BCUT2D eigenvalue weighted by Crippen LogP contribution is 2.14. The summed E-state index contributed by atoms with van der Waals surface area (Å²) < 4.78 is 0. The molecule has 23 heavy (non-hydrogen) atoms. The number of benzene rings is 1. The Morgan fingerprint density at radius 1 is 1.09 bits per heavy atom. The molecule has 0 spiro atoms. The highest BCUT2D eigenvalue weighted by atomic mass is 32.2. The van der Waals surface area contributed by atoms with Crippen LogP contribution in [0, 0.1) is 0 Å². The minimum absolute atomic E-state index is 0.0439. The van der Waals surface area contributed by atoms with Crippen molar-refractivity contribution in [3.63, 3.8) is 0 Å². The van der Waals surface area contributed by atoms with E-state index in [1.165, 1.54) is 0 Å². The number of anilines is 2. The van der Waals surface area contributed by atoms with Gasteiger partial charge in [-0.3, -0.25) is 14.6 Å². The largest absolute Gasteiger partial charge is 0.326 e. The second-order valence-electron chi connectivity index (χ2n) is 4.77. The van der Waals surface area contributed by atoms with Crippen LogP contribution in [0.15, 0.2) is 48.8 Å². The van der Waals surface area contributed by atoms with Crippen LogP contribution in [0.4, 0.5) is 11.4 Å². The quantitative estimate of drug-likeness (QED) is 0.764. The third kappa shape index (κ3) is 5.75. The molecule has 0 saturated carbocycles. The fourth-order valence-electron chi connectivity index (χ4n) is 1.91. The van der Waals surface area contributed by atoms with Gasteiger partial charge in [0.25, 0.3) is 5.91 Å². The summed E-state index contributed by atoms with van der Waals surface area (Å²) in [4.78, 5) is 27.9.